The summed E-state index contributed by atoms with van der Waals surface area (Å²) in [5, 5.41) is 5.94. The van der Waals surface area contributed by atoms with Crippen molar-refractivity contribution in [3.8, 4) is 5.75 Å². The highest BCUT2D eigenvalue weighted by atomic mass is 16.5. The van der Waals surface area contributed by atoms with Gasteiger partial charge in [-0.15, -0.1) is 0 Å². The molecule has 0 amide bonds. The highest BCUT2D eigenvalue weighted by Gasteiger charge is 2.17. The second-order valence-corrected chi connectivity index (χ2v) is 5.00. The van der Waals surface area contributed by atoms with Gasteiger partial charge < -0.3 is 15.8 Å². The molecule has 3 heteroatoms. The summed E-state index contributed by atoms with van der Waals surface area (Å²) in [5.74, 6) is 0.891. The van der Waals surface area contributed by atoms with Crippen LogP contribution in [0.3, 0.4) is 0 Å². The zero-order valence-electron chi connectivity index (χ0n) is 12.8. The normalized spacial score (nSPS) is 12.9. The maximum atomic E-state index is 6.00. The smallest absolute Gasteiger partial charge is 0.124 e. The molecule has 0 aliphatic heterocycles. The maximum absolute atomic E-state index is 6.00. The number of nitrogens with one attached hydrogen (secondary N) is 1. The summed E-state index contributed by atoms with van der Waals surface area (Å²) in [6, 6.07) is 12.6. The maximum Gasteiger partial charge on any atom is 0.124 e. The molecule has 1 atom stereocenters. The second kappa shape index (κ2) is 7.81. The molecule has 0 aliphatic carbocycles. The van der Waals surface area contributed by atoms with E-state index in [1.807, 2.05) is 13.0 Å². The number of hydrogen-bond acceptors (Lipinski definition) is 3. The highest BCUT2D eigenvalue weighted by Crippen LogP contribution is 2.32. The van der Waals surface area contributed by atoms with E-state index in [0.717, 1.165) is 24.3 Å². The Balaban J connectivity index is 2.36. The fourth-order valence-corrected chi connectivity index (χ4v) is 2.62. The molecule has 112 valence electrons. The Hall–Kier alpha value is -1.84. The van der Waals surface area contributed by atoms with Crippen LogP contribution in [0.4, 0.5) is 0 Å². The topological polar surface area (TPSA) is 47.3 Å². The fourth-order valence-electron chi connectivity index (χ4n) is 2.62. The lowest BCUT2D eigenvalue weighted by Crippen LogP contribution is -2.29. The predicted octanol–water partition coefficient (Wildman–Crippen LogP) is 3.40. The number of fused-ring (bicyclic) bond motifs is 1. The number of ether oxygens (including phenoxy) is 1. The molecular weight excluding hydrogens is 260 g/mol. The first kappa shape index (κ1) is 15.5. The standard InChI is InChI=1S/C18H24N2O/c1-3-4-7-12-20-16(13-19)18-15-9-6-5-8-14(15)10-11-17(18)21-2/h3-6,8-11,16,20H,7,12-13,19H2,1-2H3/b4-3+. The number of nitrogens with two attached hydrogens (primary N) is 1. The third-order valence-electron chi connectivity index (χ3n) is 3.67. The van der Waals surface area contributed by atoms with E-state index in [9.17, 15) is 0 Å². The Labute approximate surface area is 126 Å². The molecule has 0 fully saturated rings. The van der Waals surface area contributed by atoms with Crippen LogP contribution in [-0.4, -0.2) is 20.2 Å². The molecule has 0 aliphatic rings. The molecule has 0 saturated carbocycles. The van der Waals surface area contributed by atoms with Gasteiger partial charge in [-0.05, 0) is 36.7 Å². The SMILES string of the molecule is C/C=C/CCNC(CN)c1c(OC)ccc2ccccc12. The van der Waals surface area contributed by atoms with Crippen molar-refractivity contribution in [2.24, 2.45) is 5.73 Å². The number of benzene rings is 2. The molecule has 0 bridgehead atoms. The van der Waals surface area contributed by atoms with Crippen LogP contribution in [0.25, 0.3) is 10.8 Å². The van der Waals surface area contributed by atoms with E-state index in [1.54, 1.807) is 7.11 Å². The fraction of sp³-hybridized carbons (Fsp3) is 0.333. The van der Waals surface area contributed by atoms with Gasteiger partial charge in [0, 0.05) is 18.2 Å². The van der Waals surface area contributed by atoms with Gasteiger partial charge in [0.25, 0.3) is 0 Å². The van der Waals surface area contributed by atoms with Crippen molar-refractivity contribution in [3.05, 3.63) is 54.1 Å². The summed E-state index contributed by atoms with van der Waals surface area (Å²) in [7, 11) is 1.71. The van der Waals surface area contributed by atoms with E-state index in [2.05, 4.69) is 47.8 Å². The minimum absolute atomic E-state index is 0.0938. The molecule has 0 heterocycles. The van der Waals surface area contributed by atoms with E-state index in [-0.39, 0.29) is 6.04 Å². The van der Waals surface area contributed by atoms with Gasteiger partial charge >= 0.3 is 0 Å². The van der Waals surface area contributed by atoms with Crippen molar-refractivity contribution in [2.75, 3.05) is 20.2 Å². The van der Waals surface area contributed by atoms with Crippen molar-refractivity contribution in [1.29, 1.82) is 0 Å². The zero-order chi connectivity index (χ0) is 15.1. The van der Waals surface area contributed by atoms with Crippen LogP contribution in [0.1, 0.15) is 24.9 Å². The van der Waals surface area contributed by atoms with Gasteiger partial charge in [0.2, 0.25) is 0 Å². The Bertz CT molecular complexity index is 607. The predicted molar refractivity (Wildman–Crippen MR) is 89.7 cm³/mol. The lowest BCUT2D eigenvalue weighted by molar-refractivity contribution is 0.401. The van der Waals surface area contributed by atoms with E-state index < -0.39 is 0 Å². The van der Waals surface area contributed by atoms with Gasteiger partial charge in [-0.1, -0.05) is 42.5 Å². The van der Waals surface area contributed by atoms with Gasteiger partial charge in [-0.25, -0.2) is 0 Å². The number of hydrogen-bond donors (Lipinski definition) is 2. The molecule has 0 spiro atoms. The molecule has 21 heavy (non-hydrogen) atoms. The number of allylic oxidation sites excluding steroid dienone is 1. The molecule has 1 unspecified atom stereocenters. The Morgan fingerprint density at radius 3 is 2.76 bits per heavy atom. The van der Waals surface area contributed by atoms with Crippen molar-refractivity contribution < 1.29 is 4.74 Å². The average molecular weight is 284 g/mol. The zero-order valence-corrected chi connectivity index (χ0v) is 12.8. The second-order valence-electron chi connectivity index (χ2n) is 5.00. The van der Waals surface area contributed by atoms with Crippen molar-refractivity contribution in [2.45, 2.75) is 19.4 Å². The van der Waals surface area contributed by atoms with Gasteiger partial charge in [0.05, 0.1) is 7.11 Å². The van der Waals surface area contributed by atoms with Crippen LogP contribution in [-0.2, 0) is 0 Å². The van der Waals surface area contributed by atoms with Crippen molar-refractivity contribution in [1.82, 2.24) is 5.32 Å². The van der Waals surface area contributed by atoms with Gasteiger partial charge in [0.1, 0.15) is 5.75 Å². The lowest BCUT2D eigenvalue weighted by atomic mass is 9.97. The summed E-state index contributed by atoms with van der Waals surface area (Å²) in [5.41, 5.74) is 7.15. The van der Waals surface area contributed by atoms with Crippen LogP contribution in [0.2, 0.25) is 0 Å². The van der Waals surface area contributed by atoms with Crippen molar-refractivity contribution >= 4 is 10.8 Å². The van der Waals surface area contributed by atoms with Gasteiger partial charge in [0.15, 0.2) is 0 Å². The molecular formula is C18H24N2O. The quantitative estimate of drug-likeness (QED) is 0.605. The third-order valence-corrected chi connectivity index (χ3v) is 3.67. The Morgan fingerprint density at radius 2 is 2.05 bits per heavy atom. The monoisotopic (exact) mass is 284 g/mol. The first-order chi connectivity index (χ1) is 10.3. The van der Waals surface area contributed by atoms with Crippen LogP contribution in [0.15, 0.2) is 48.6 Å². The Morgan fingerprint density at radius 1 is 1.24 bits per heavy atom. The first-order valence-electron chi connectivity index (χ1n) is 7.42. The van der Waals surface area contributed by atoms with E-state index in [1.165, 1.54) is 10.8 Å². The van der Waals surface area contributed by atoms with Crippen LogP contribution in [0, 0.1) is 0 Å². The molecule has 3 nitrogen and oxygen atoms in total. The summed E-state index contributed by atoms with van der Waals surface area (Å²) >= 11 is 0. The van der Waals surface area contributed by atoms with Crippen molar-refractivity contribution in [3.63, 3.8) is 0 Å². The van der Waals surface area contributed by atoms with E-state index in [0.29, 0.717) is 6.54 Å². The molecule has 0 radical (unpaired) electrons. The molecule has 2 aromatic rings. The Kier molecular flexibility index (Phi) is 5.78. The number of methoxy groups -OCH3 is 1. The average Bonchev–Trinajstić information content (AvgIpc) is 2.54. The molecule has 0 saturated heterocycles. The van der Waals surface area contributed by atoms with E-state index >= 15 is 0 Å². The van der Waals surface area contributed by atoms with Crippen LogP contribution in [0.5, 0.6) is 5.75 Å². The minimum Gasteiger partial charge on any atom is -0.496 e. The van der Waals surface area contributed by atoms with E-state index in [4.69, 9.17) is 10.5 Å². The summed E-state index contributed by atoms with van der Waals surface area (Å²) in [4.78, 5) is 0. The molecule has 3 N–H and O–H groups in total. The summed E-state index contributed by atoms with van der Waals surface area (Å²) in [6.07, 6.45) is 5.22. The third kappa shape index (κ3) is 3.63. The largest absolute Gasteiger partial charge is 0.496 e. The number of rotatable bonds is 7. The van der Waals surface area contributed by atoms with Crippen LogP contribution >= 0.6 is 0 Å². The minimum atomic E-state index is 0.0938. The lowest BCUT2D eigenvalue weighted by Gasteiger charge is -2.21. The van der Waals surface area contributed by atoms with Gasteiger partial charge in [-0.3, -0.25) is 0 Å². The molecule has 2 aromatic carbocycles. The highest BCUT2D eigenvalue weighted by molar-refractivity contribution is 5.88. The van der Waals surface area contributed by atoms with Crippen LogP contribution < -0.4 is 15.8 Å². The summed E-state index contributed by atoms with van der Waals surface area (Å²) in [6.45, 7) is 3.48. The molecule has 2 rings (SSSR count). The molecule has 0 aromatic heterocycles. The first-order valence-corrected chi connectivity index (χ1v) is 7.42. The summed E-state index contributed by atoms with van der Waals surface area (Å²) < 4.78 is 5.55. The van der Waals surface area contributed by atoms with Gasteiger partial charge in [-0.2, -0.15) is 0 Å².